The van der Waals surface area contributed by atoms with Crippen LogP contribution < -0.4 is 10.6 Å². The normalized spacial score (nSPS) is 45.7. The summed E-state index contributed by atoms with van der Waals surface area (Å²) in [4.78, 5) is 12.2. The fourth-order valence-corrected chi connectivity index (χ4v) is 5.15. The highest BCUT2D eigenvalue weighted by molar-refractivity contribution is 5.85. The Hall–Kier alpha value is -0.280. The fourth-order valence-electron chi connectivity index (χ4n) is 5.15. The van der Waals surface area contributed by atoms with Crippen LogP contribution in [0.4, 0.5) is 0 Å². The molecule has 1 amide bonds. The smallest absolute Gasteiger partial charge is 0.223 e. The summed E-state index contributed by atoms with van der Waals surface area (Å²) in [6, 6.07) is 0. The maximum absolute atomic E-state index is 12.2. The number of rotatable bonds is 4. The molecule has 5 unspecified atom stereocenters. The molecule has 0 radical (unpaired) electrons. The average molecular weight is 285 g/mol. The molecule has 0 spiro atoms. The van der Waals surface area contributed by atoms with Crippen LogP contribution in [-0.2, 0) is 4.79 Å². The van der Waals surface area contributed by atoms with E-state index in [2.05, 4.69) is 10.6 Å². The van der Waals surface area contributed by atoms with Gasteiger partial charge in [-0.15, -0.1) is 12.4 Å². The van der Waals surface area contributed by atoms with Gasteiger partial charge in [0.05, 0.1) is 0 Å². The number of nitrogens with one attached hydrogen (secondary N) is 2. The molecule has 3 nitrogen and oxygen atoms in total. The highest BCUT2D eigenvalue weighted by Crippen LogP contribution is 2.69. The zero-order chi connectivity index (χ0) is 12.1. The maximum Gasteiger partial charge on any atom is 0.223 e. The predicted octanol–water partition coefficient (Wildman–Crippen LogP) is 1.82. The summed E-state index contributed by atoms with van der Waals surface area (Å²) in [6.07, 6.45) is 6.70. The van der Waals surface area contributed by atoms with Gasteiger partial charge in [0.2, 0.25) is 5.91 Å². The van der Waals surface area contributed by atoms with Crippen LogP contribution in [0.5, 0.6) is 0 Å². The van der Waals surface area contributed by atoms with E-state index in [1.54, 1.807) is 0 Å². The van der Waals surface area contributed by atoms with Crippen molar-refractivity contribution in [3.05, 3.63) is 0 Å². The van der Waals surface area contributed by atoms with E-state index in [1.165, 1.54) is 25.7 Å². The Kier molecular flexibility index (Phi) is 3.78. The Bertz CT molecular complexity index is 340. The van der Waals surface area contributed by atoms with Crippen LogP contribution in [0.25, 0.3) is 0 Å². The lowest BCUT2D eigenvalue weighted by atomic mass is 10.0. The Balaban J connectivity index is 0.00000110. The first-order valence-corrected chi connectivity index (χ1v) is 7.83. The highest BCUT2D eigenvalue weighted by Gasteiger charge is 2.67. The predicted molar refractivity (Wildman–Crippen MR) is 77.2 cm³/mol. The van der Waals surface area contributed by atoms with Gasteiger partial charge in [-0.2, -0.15) is 0 Å². The molecule has 4 aliphatic rings. The molecule has 19 heavy (non-hydrogen) atoms. The maximum atomic E-state index is 12.2. The van der Waals surface area contributed by atoms with E-state index in [0.29, 0.717) is 11.8 Å². The molecule has 108 valence electrons. The molecule has 4 fully saturated rings. The fraction of sp³-hybridized carbons (Fsp3) is 0.933. The summed E-state index contributed by atoms with van der Waals surface area (Å²) in [5, 5.41) is 6.59. The molecule has 4 heteroatoms. The van der Waals surface area contributed by atoms with Gasteiger partial charge < -0.3 is 10.6 Å². The van der Waals surface area contributed by atoms with E-state index < -0.39 is 0 Å². The summed E-state index contributed by atoms with van der Waals surface area (Å²) in [5.41, 5.74) is 0. The Morgan fingerprint density at radius 1 is 1.16 bits per heavy atom. The molecule has 1 aliphatic heterocycles. The monoisotopic (exact) mass is 284 g/mol. The summed E-state index contributed by atoms with van der Waals surface area (Å²) < 4.78 is 0. The van der Waals surface area contributed by atoms with Crippen LogP contribution in [-0.4, -0.2) is 25.5 Å². The lowest BCUT2D eigenvalue weighted by molar-refractivity contribution is -0.123. The van der Waals surface area contributed by atoms with Gasteiger partial charge in [-0.3, -0.25) is 4.79 Å². The second-order valence-electron chi connectivity index (χ2n) is 6.95. The van der Waals surface area contributed by atoms with Crippen LogP contribution in [0, 0.1) is 35.5 Å². The molecular formula is C15H25ClN2O. The van der Waals surface area contributed by atoms with Crippen molar-refractivity contribution in [3.8, 4) is 0 Å². The van der Waals surface area contributed by atoms with E-state index in [0.717, 1.165) is 55.6 Å². The van der Waals surface area contributed by atoms with Gasteiger partial charge in [-0.25, -0.2) is 0 Å². The van der Waals surface area contributed by atoms with Crippen LogP contribution >= 0.6 is 12.4 Å². The van der Waals surface area contributed by atoms with E-state index in [1.807, 2.05) is 0 Å². The minimum Gasteiger partial charge on any atom is -0.356 e. The van der Waals surface area contributed by atoms with Crippen molar-refractivity contribution in [2.45, 2.75) is 32.1 Å². The first kappa shape index (κ1) is 13.7. The third-order valence-electron chi connectivity index (χ3n) is 6.05. The van der Waals surface area contributed by atoms with Crippen LogP contribution in [0.2, 0.25) is 0 Å². The molecule has 2 N–H and O–H groups in total. The molecule has 1 heterocycles. The number of carbonyl (C=O) groups is 1. The molecule has 3 saturated carbocycles. The Morgan fingerprint density at radius 3 is 2.53 bits per heavy atom. The zero-order valence-corrected chi connectivity index (χ0v) is 12.3. The van der Waals surface area contributed by atoms with Gasteiger partial charge in [0.1, 0.15) is 0 Å². The van der Waals surface area contributed by atoms with Crippen molar-refractivity contribution in [3.63, 3.8) is 0 Å². The summed E-state index contributed by atoms with van der Waals surface area (Å²) in [5.74, 6) is 4.99. The number of fused-ring (bicyclic) bond motifs is 5. The molecule has 2 bridgehead atoms. The van der Waals surface area contributed by atoms with Gasteiger partial charge in [0.15, 0.2) is 0 Å². The third-order valence-corrected chi connectivity index (χ3v) is 6.05. The summed E-state index contributed by atoms with van der Waals surface area (Å²) in [7, 11) is 0. The number of amides is 1. The van der Waals surface area contributed by atoms with Crippen LogP contribution in [0.15, 0.2) is 0 Å². The topological polar surface area (TPSA) is 41.1 Å². The van der Waals surface area contributed by atoms with E-state index in [4.69, 9.17) is 0 Å². The molecule has 1 saturated heterocycles. The largest absolute Gasteiger partial charge is 0.356 e. The minimum atomic E-state index is 0. The summed E-state index contributed by atoms with van der Waals surface area (Å²) in [6.45, 7) is 3.21. The van der Waals surface area contributed by atoms with Gasteiger partial charge in [-0.1, -0.05) is 0 Å². The van der Waals surface area contributed by atoms with Crippen molar-refractivity contribution in [2.24, 2.45) is 35.5 Å². The third kappa shape index (κ3) is 2.29. The average Bonchev–Trinajstić information content (AvgIpc) is 2.80. The van der Waals surface area contributed by atoms with E-state index >= 15 is 0 Å². The first-order valence-electron chi connectivity index (χ1n) is 7.83. The number of hydrogen-bond donors (Lipinski definition) is 2. The number of hydrogen-bond acceptors (Lipinski definition) is 2. The van der Waals surface area contributed by atoms with E-state index in [-0.39, 0.29) is 12.4 Å². The van der Waals surface area contributed by atoms with Crippen molar-refractivity contribution < 1.29 is 4.79 Å². The van der Waals surface area contributed by atoms with Gasteiger partial charge >= 0.3 is 0 Å². The van der Waals surface area contributed by atoms with Gasteiger partial charge in [-0.05, 0) is 74.8 Å². The lowest BCUT2D eigenvalue weighted by Crippen LogP contribution is -2.29. The number of carbonyl (C=O) groups excluding carboxylic acids is 1. The second kappa shape index (κ2) is 5.25. The molecule has 0 aromatic carbocycles. The second-order valence-corrected chi connectivity index (χ2v) is 6.95. The van der Waals surface area contributed by atoms with Crippen molar-refractivity contribution in [1.82, 2.24) is 10.6 Å². The molecule has 5 atom stereocenters. The van der Waals surface area contributed by atoms with E-state index in [9.17, 15) is 4.79 Å². The van der Waals surface area contributed by atoms with Gasteiger partial charge in [0, 0.05) is 12.5 Å². The Morgan fingerprint density at radius 2 is 1.89 bits per heavy atom. The number of halogens is 1. The Labute approximate surface area is 121 Å². The quantitative estimate of drug-likeness (QED) is 0.827. The lowest BCUT2D eigenvalue weighted by Gasteiger charge is -2.11. The summed E-state index contributed by atoms with van der Waals surface area (Å²) >= 11 is 0. The van der Waals surface area contributed by atoms with Crippen molar-refractivity contribution in [1.29, 1.82) is 0 Å². The van der Waals surface area contributed by atoms with Crippen LogP contribution in [0.3, 0.4) is 0 Å². The molecule has 0 aromatic rings. The zero-order valence-electron chi connectivity index (χ0n) is 11.4. The minimum absolute atomic E-state index is 0. The molecule has 3 aliphatic carbocycles. The van der Waals surface area contributed by atoms with Crippen molar-refractivity contribution in [2.75, 3.05) is 19.6 Å². The molecular weight excluding hydrogens is 260 g/mol. The van der Waals surface area contributed by atoms with Crippen LogP contribution in [0.1, 0.15) is 32.1 Å². The standard InChI is InChI=1S/C15H24N2O.ClH/c18-15(17-6-4-9-3-5-16-8-9)14-12-10-1-2-11(7-10)13(12)14;/h9-14,16H,1-8H2,(H,17,18);1H. The highest BCUT2D eigenvalue weighted by atomic mass is 35.5. The molecule has 0 aromatic heterocycles. The van der Waals surface area contributed by atoms with Gasteiger partial charge in [0.25, 0.3) is 0 Å². The first-order chi connectivity index (χ1) is 8.84. The SMILES string of the molecule is Cl.O=C(NCCC1CCNC1)C1C2C3CCC(C3)C12. The van der Waals surface area contributed by atoms with Crippen molar-refractivity contribution >= 4 is 18.3 Å². The molecule has 4 rings (SSSR count).